The van der Waals surface area contributed by atoms with Crippen LogP contribution in [0.3, 0.4) is 0 Å². The van der Waals surface area contributed by atoms with Gasteiger partial charge in [0.05, 0.1) is 27.8 Å². The fourth-order valence-electron chi connectivity index (χ4n) is 2.42. The zero-order valence-corrected chi connectivity index (χ0v) is 15.8. The fourth-order valence-corrected chi connectivity index (χ4v) is 3.38. The molecule has 1 heterocycles. The van der Waals surface area contributed by atoms with E-state index < -0.39 is 6.43 Å². The SMILES string of the molecule is C/N=C(\C=C(/NC)C(F)F)c1ccc(C(=O)N(CCO)c2ccccc2)s1. The van der Waals surface area contributed by atoms with Gasteiger partial charge in [0.2, 0.25) is 0 Å². The highest BCUT2D eigenvalue weighted by Crippen LogP contribution is 2.23. The number of aliphatic imine (C=N–C) groups is 1. The van der Waals surface area contributed by atoms with Crippen LogP contribution in [0.4, 0.5) is 14.5 Å². The Bertz CT molecular complexity index is 819. The molecule has 0 unspecified atom stereocenters. The number of anilines is 1. The second-order valence-corrected chi connectivity index (χ2v) is 6.52. The minimum Gasteiger partial charge on any atom is -0.395 e. The topological polar surface area (TPSA) is 64.9 Å². The molecular weight excluding hydrogens is 372 g/mol. The molecule has 8 heteroatoms. The van der Waals surface area contributed by atoms with E-state index in [9.17, 15) is 18.7 Å². The second kappa shape index (κ2) is 9.94. The summed E-state index contributed by atoms with van der Waals surface area (Å²) in [4.78, 5) is 19.4. The number of aliphatic hydroxyl groups is 1. The van der Waals surface area contributed by atoms with Crippen LogP contribution in [0.2, 0.25) is 0 Å². The lowest BCUT2D eigenvalue weighted by atomic mass is 10.2. The number of alkyl halides is 2. The quantitative estimate of drug-likeness (QED) is 0.677. The van der Waals surface area contributed by atoms with Gasteiger partial charge in [0.1, 0.15) is 0 Å². The van der Waals surface area contributed by atoms with E-state index in [4.69, 9.17) is 0 Å². The van der Waals surface area contributed by atoms with E-state index >= 15 is 0 Å². The van der Waals surface area contributed by atoms with Crippen LogP contribution in [0.15, 0.2) is 59.2 Å². The molecule has 2 rings (SSSR count). The fraction of sp³-hybridized carbons (Fsp3) is 0.263. The van der Waals surface area contributed by atoms with Gasteiger partial charge < -0.3 is 15.3 Å². The number of thiophene rings is 1. The maximum absolute atomic E-state index is 13.0. The van der Waals surface area contributed by atoms with Crippen molar-refractivity contribution in [2.24, 2.45) is 4.99 Å². The third-order valence-electron chi connectivity index (χ3n) is 3.76. The number of nitrogens with one attached hydrogen (secondary N) is 1. The van der Waals surface area contributed by atoms with Crippen LogP contribution in [-0.4, -0.2) is 50.4 Å². The molecule has 0 fully saturated rings. The lowest BCUT2D eigenvalue weighted by Crippen LogP contribution is -2.32. The Labute approximate surface area is 160 Å². The molecule has 0 atom stereocenters. The second-order valence-electron chi connectivity index (χ2n) is 5.44. The first-order valence-corrected chi connectivity index (χ1v) is 9.05. The Kier molecular flexibility index (Phi) is 7.63. The number of amides is 1. The van der Waals surface area contributed by atoms with Crippen LogP contribution >= 0.6 is 11.3 Å². The van der Waals surface area contributed by atoms with Gasteiger partial charge in [-0.1, -0.05) is 18.2 Å². The van der Waals surface area contributed by atoms with Crippen molar-refractivity contribution in [3.05, 3.63) is 64.0 Å². The summed E-state index contributed by atoms with van der Waals surface area (Å²) in [6.07, 6.45) is -1.38. The number of allylic oxidation sites excluding steroid dienone is 2. The maximum Gasteiger partial charge on any atom is 0.277 e. The van der Waals surface area contributed by atoms with Gasteiger partial charge in [0.15, 0.2) is 0 Å². The lowest BCUT2D eigenvalue weighted by molar-refractivity contribution is 0.0985. The Morgan fingerprint density at radius 3 is 2.48 bits per heavy atom. The van der Waals surface area contributed by atoms with Crippen LogP contribution in [0.25, 0.3) is 0 Å². The number of hydrogen-bond donors (Lipinski definition) is 2. The highest BCUT2D eigenvalue weighted by molar-refractivity contribution is 7.16. The first kappa shape index (κ1) is 20.7. The van der Waals surface area contributed by atoms with Crippen LogP contribution in [-0.2, 0) is 0 Å². The molecule has 0 aliphatic heterocycles. The minimum absolute atomic E-state index is 0.153. The van der Waals surface area contributed by atoms with E-state index in [1.807, 2.05) is 18.2 Å². The smallest absolute Gasteiger partial charge is 0.277 e. The standard InChI is InChI=1S/C19H21F2N3O2S/c1-22-14(12-15(23-2)18(20)21)16-8-9-17(27-16)19(26)24(10-11-25)13-6-4-3-5-7-13/h3-9,12,18,23,25H,10-11H2,1-2H3/b15-12-,22-14+. The predicted molar refractivity (Wildman–Crippen MR) is 105 cm³/mol. The van der Waals surface area contributed by atoms with Gasteiger partial charge in [0, 0.05) is 26.3 Å². The van der Waals surface area contributed by atoms with Crippen molar-refractivity contribution in [2.45, 2.75) is 6.43 Å². The van der Waals surface area contributed by atoms with Crippen molar-refractivity contribution in [3.63, 3.8) is 0 Å². The van der Waals surface area contributed by atoms with Crippen molar-refractivity contribution >= 4 is 28.6 Å². The summed E-state index contributed by atoms with van der Waals surface area (Å²) in [5.41, 5.74) is 0.783. The van der Waals surface area contributed by atoms with Gasteiger partial charge in [-0.05, 0) is 30.3 Å². The highest BCUT2D eigenvalue weighted by atomic mass is 32.1. The number of aliphatic hydroxyl groups excluding tert-OH is 1. The largest absolute Gasteiger partial charge is 0.395 e. The van der Waals surface area contributed by atoms with E-state index in [1.54, 1.807) is 24.3 Å². The first-order chi connectivity index (χ1) is 13.0. The van der Waals surface area contributed by atoms with Crippen LogP contribution < -0.4 is 10.2 Å². The van der Waals surface area contributed by atoms with Gasteiger partial charge in [-0.2, -0.15) is 0 Å². The molecule has 0 saturated carbocycles. The average molecular weight is 393 g/mol. The van der Waals surface area contributed by atoms with Crippen LogP contribution in [0.5, 0.6) is 0 Å². The average Bonchev–Trinajstić information content (AvgIpc) is 3.17. The van der Waals surface area contributed by atoms with Gasteiger partial charge in [0.25, 0.3) is 12.3 Å². The number of benzene rings is 1. The predicted octanol–water partition coefficient (Wildman–Crippen LogP) is 3.17. The number of hydrogen-bond acceptors (Lipinski definition) is 5. The van der Waals surface area contributed by atoms with Crippen molar-refractivity contribution in [1.29, 1.82) is 0 Å². The van der Waals surface area contributed by atoms with Crippen molar-refractivity contribution < 1.29 is 18.7 Å². The molecule has 1 aromatic carbocycles. The van der Waals surface area contributed by atoms with Crippen molar-refractivity contribution in [1.82, 2.24) is 5.32 Å². The number of nitrogens with zero attached hydrogens (tertiary/aromatic N) is 2. The Balaban J connectivity index is 2.31. The molecule has 0 aliphatic rings. The molecule has 5 nitrogen and oxygen atoms in total. The molecular formula is C19H21F2N3O2S. The summed E-state index contributed by atoms with van der Waals surface area (Å²) in [7, 11) is 2.93. The first-order valence-electron chi connectivity index (χ1n) is 8.24. The number of carbonyl (C=O) groups excluding carboxylic acids is 1. The summed E-state index contributed by atoms with van der Waals surface area (Å²) in [5.74, 6) is -0.270. The van der Waals surface area contributed by atoms with E-state index in [2.05, 4.69) is 10.3 Å². The summed E-state index contributed by atoms with van der Waals surface area (Å²) in [6, 6.07) is 12.3. The summed E-state index contributed by atoms with van der Waals surface area (Å²) in [6.45, 7) is -0.0246. The number of carbonyl (C=O) groups is 1. The van der Waals surface area contributed by atoms with Gasteiger partial charge in [-0.25, -0.2) is 8.78 Å². The Morgan fingerprint density at radius 1 is 1.26 bits per heavy atom. The van der Waals surface area contributed by atoms with Crippen LogP contribution in [0.1, 0.15) is 14.5 Å². The summed E-state index contributed by atoms with van der Waals surface area (Å²) in [5, 5.41) is 11.8. The minimum atomic E-state index is -2.65. The van der Waals surface area contributed by atoms with E-state index in [-0.39, 0.29) is 24.8 Å². The van der Waals surface area contributed by atoms with Gasteiger partial charge >= 0.3 is 0 Å². The van der Waals surface area contributed by atoms with Crippen LogP contribution in [0, 0.1) is 0 Å². The molecule has 1 amide bonds. The Hall–Kier alpha value is -2.58. The molecule has 0 spiro atoms. The van der Waals surface area contributed by atoms with Crippen molar-refractivity contribution in [2.75, 3.05) is 32.1 Å². The van der Waals surface area contributed by atoms with Gasteiger partial charge in [-0.3, -0.25) is 9.79 Å². The maximum atomic E-state index is 13.0. The summed E-state index contributed by atoms with van der Waals surface area (Å²) >= 11 is 1.17. The molecule has 0 radical (unpaired) electrons. The lowest BCUT2D eigenvalue weighted by Gasteiger charge is -2.21. The van der Waals surface area contributed by atoms with Gasteiger partial charge in [-0.15, -0.1) is 11.3 Å². The number of halogens is 2. The number of para-hydroxylation sites is 1. The third-order valence-corrected chi connectivity index (χ3v) is 4.86. The number of rotatable bonds is 8. The molecule has 0 saturated heterocycles. The monoisotopic (exact) mass is 393 g/mol. The zero-order valence-electron chi connectivity index (χ0n) is 15.0. The van der Waals surface area contributed by atoms with Crippen molar-refractivity contribution in [3.8, 4) is 0 Å². The zero-order chi connectivity index (χ0) is 19.8. The molecule has 2 aromatic rings. The molecule has 27 heavy (non-hydrogen) atoms. The molecule has 0 aliphatic carbocycles. The molecule has 144 valence electrons. The van der Waals surface area contributed by atoms with E-state index in [0.29, 0.717) is 21.2 Å². The normalized spacial score (nSPS) is 12.4. The van der Waals surface area contributed by atoms with E-state index in [1.165, 1.54) is 36.4 Å². The third kappa shape index (κ3) is 5.21. The summed E-state index contributed by atoms with van der Waals surface area (Å²) < 4.78 is 25.9. The Morgan fingerprint density at radius 2 is 1.93 bits per heavy atom. The molecule has 0 bridgehead atoms. The molecule has 1 aromatic heterocycles. The van der Waals surface area contributed by atoms with E-state index in [0.717, 1.165) is 0 Å². The molecule has 2 N–H and O–H groups in total. The highest BCUT2D eigenvalue weighted by Gasteiger charge is 2.20.